The Hall–Kier alpha value is -2.36. The minimum Gasteiger partial charge on any atom is -0.494 e. The number of rotatable bonds is 1. The van der Waals surface area contributed by atoms with Crippen molar-refractivity contribution in [3.8, 4) is 22.9 Å². The van der Waals surface area contributed by atoms with Crippen LogP contribution < -0.4 is 0 Å². The van der Waals surface area contributed by atoms with Crippen molar-refractivity contribution in [3.05, 3.63) is 36.0 Å². The van der Waals surface area contributed by atoms with Crippen molar-refractivity contribution in [2.75, 3.05) is 0 Å². The first-order valence-corrected chi connectivity index (χ1v) is 5.34. The number of aromatic hydroxyl groups is 2. The van der Waals surface area contributed by atoms with Crippen LogP contribution in [-0.4, -0.2) is 20.2 Å². The lowest BCUT2D eigenvalue weighted by Gasteiger charge is -1.97. The Bertz CT molecular complexity index is 695. The average Bonchev–Trinajstić information content (AvgIpc) is 2.81. The number of fused-ring (bicyclic) bond motifs is 1. The van der Waals surface area contributed by atoms with E-state index in [2.05, 4.69) is 9.97 Å². The first-order chi connectivity index (χ1) is 8.15. The third kappa shape index (κ3) is 1.45. The molecular weight excluding hydrogens is 216 g/mol. The van der Waals surface area contributed by atoms with Crippen LogP contribution in [0.2, 0.25) is 0 Å². The number of hydrogen-bond donors (Lipinski definition) is 4. The number of benzene rings is 1. The summed E-state index contributed by atoms with van der Waals surface area (Å²) in [6.07, 6.45) is 1.83. The SMILES string of the molecule is Cc1ccc2c(-c3cc(O)[nH]c3O)c[nH]c2c1. The Morgan fingerprint density at radius 1 is 1.06 bits per heavy atom. The highest BCUT2D eigenvalue weighted by molar-refractivity contribution is 5.97. The zero-order valence-electron chi connectivity index (χ0n) is 9.28. The van der Waals surface area contributed by atoms with Crippen molar-refractivity contribution in [3.63, 3.8) is 0 Å². The van der Waals surface area contributed by atoms with E-state index in [1.165, 1.54) is 11.6 Å². The molecule has 0 bridgehead atoms. The summed E-state index contributed by atoms with van der Waals surface area (Å²) in [5.41, 5.74) is 3.65. The van der Waals surface area contributed by atoms with Gasteiger partial charge in [-0.25, -0.2) is 0 Å². The number of aryl methyl sites for hydroxylation is 1. The van der Waals surface area contributed by atoms with Crippen LogP contribution in [0.5, 0.6) is 11.8 Å². The Kier molecular flexibility index (Phi) is 1.92. The van der Waals surface area contributed by atoms with Gasteiger partial charge in [-0.3, -0.25) is 4.98 Å². The van der Waals surface area contributed by atoms with Gasteiger partial charge < -0.3 is 15.2 Å². The molecule has 0 spiro atoms. The molecule has 4 N–H and O–H groups in total. The van der Waals surface area contributed by atoms with Crippen molar-refractivity contribution in [2.24, 2.45) is 0 Å². The summed E-state index contributed by atoms with van der Waals surface area (Å²) < 4.78 is 0. The number of hydrogen-bond acceptors (Lipinski definition) is 2. The van der Waals surface area contributed by atoms with Crippen molar-refractivity contribution in [1.82, 2.24) is 9.97 Å². The van der Waals surface area contributed by atoms with Crippen molar-refractivity contribution in [1.29, 1.82) is 0 Å². The molecule has 0 radical (unpaired) electrons. The van der Waals surface area contributed by atoms with Crippen LogP contribution in [0.25, 0.3) is 22.0 Å². The first kappa shape index (κ1) is 9.84. The maximum Gasteiger partial charge on any atom is 0.199 e. The minimum atomic E-state index is -0.0426. The van der Waals surface area contributed by atoms with Crippen molar-refractivity contribution in [2.45, 2.75) is 6.92 Å². The van der Waals surface area contributed by atoms with E-state index in [0.29, 0.717) is 5.56 Å². The molecule has 0 saturated carbocycles. The average molecular weight is 228 g/mol. The van der Waals surface area contributed by atoms with Crippen molar-refractivity contribution >= 4 is 10.9 Å². The largest absolute Gasteiger partial charge is 0.494 e. The van der Waals surface area contributed by atoms with E-state index in [1.807, 2.05) is 31.3 Å². The molecule has 3 aromatic rings. The highest BCUT2D eigenvalue weighted by atomic mass is 16.3. The third-order valence-electron chi connectivity index (χ3n) is 2.91. The van der Waals surface area contributed by atoms with Crippen LogP contribution >= 0.6 is 0 Å². The molecule has 3 rings (SSSR count). The molecule has 0 atom stereocenters. The molecule has 2 heterocycles. The van der Waals surface area contributed by atoms with Gasteiger partial charge in [-0.2, -0.15) is 0 Å². The Morgan fingerprint density at radius 2 is 1.88 bits per heavy atom. The summed E-state index contributed by atoms with van der Waals surface area (Å²) in [6.45, 7) is 2.03. The second kappa shape index (κ2) is 3.31. The van der Waals surface area contributed by atoms with E-state index in [-0.39, 0.29) is 11.8 Å². The lowest BCUT2D eigenvalue weighted by atomic mass is 10.1. The van der Waals surface area contributed by atoms with Crippen LogP contribution in [0.3, 0.4) is 0 Å². The summed E-state index contributed by atoms with van der Waals surface area (Å²) in [7, 11) is 0. The second-order valence-corrected chi connectivity index (χ2v) is 4.17. The van der Waals surface area contributed by atoms with Gasteiger partial charge in [0, 0.05) is 34.3 Å². The zero-order valence-corrected chi connectivity index (χ0v) is 9.28. The van der Waals surface area contributed by atoms with E-state index >= 15 is 0 Å². The normalized spacial score (nSPS) is 11.1. The standard InChI is InChI=1S/C13H12N2O2/c1-7-2-3-8-10(6-14-11(8)4-7)9-5-12(16)15-13(9)17/h2-6,14-17H,1H3. The lowest BCUT2D eigenvalue weighted by molar-refractivity contribution is 0.426. The molecule has 0 aliphatic rings. The first-order valence-electron chi connectivity index (χ1n) is 5.34. The van der Waals surface area contributed by atoms with Crippen LogP contribution in [0, 0.1) is 6.92 Å². The van der Waals surface area contributed by atoms with Gasteiger partial charge in [0.1, 0.15) is 0 Å². The molecule has 0 amide bonds. The maximum absolute atomic E-state index is 9.69. The fraction of sp³-hybridized carbons (Fsp3) is 0.0769. The van der Waals surface area contributed by atoms with Crippen LogP contribution in [0.4, 0.5) is 0 Å². The predicted octanol–water partition coefficient (Wildman–Crippen LogP) is 2.88. The highest BCUT2D eigenvalue weighted by Gasteiger charge is 2.13. The van der Waals surface area contributed by atoms with Crippen LogP contribution in [-0.2, 0) is 0 Å². The van der Waals surface area contributed by atoms with E-state index in [4.69, 9.17) is 0 Å². The van der Waals surface area contributed by atoms with Gasteiger partial charge in [0.25, 0.3) is 0 Å². The van der Waals surface area contributed by atoms with E-state index in [0.717, 1.165) is 16.5 Å². The van der Waals surface area contributed by atoms with Crippen LogP contribution in [0.1, 0.15) is 5.56 Å². The Balaban J connectivity index is 2.28. The lowest BCUT2D eigenvalue weighted by Crippen LogP contribution is -1.74. The van der Waals surface area contributed by atoms with Crippen LogP contribution in [0.15, 0.2) is 30.5 Å². The fourth-order valence-electron chi connectivity index (χ4n) is 2.10. The molecule has 17 heavy (non-hydrogen) atoms. The fourth-order valence-corrected chi connectivity index (χ4v) is 2.10. The molecule has 0 aliphatic heterocycles. The molecule has 0 aliphatic carbocycles. The molecule has 4 heteroatoms. The summed E-state index contributed by atoms with van der Waals surface area (Å²) in [6, 6.07) is 7.57. The number of nitrogens with one attached hydrogen (secondary N) is 2. The minimum absolute atomic E-state index is 0.0241. The maximum atomic E-state index is 9.69. The van der Waals surface area contributed by atoms with Crippen molar-refractivity contribution < 1.29 is 10.2 Å². The summed E-state index contributed by atoms with van der Waals surface area (Å²) in [5, 5.41) is 20.0. The Morgan fingerprint density at radius 3 is 2.59 bits per heavy atom. The smallest absolute Gasteiger partial charge is 0.199 e. The third-order valence-corrected chi connectivity index (χ3v) is 2.91. The molecule has 86 valence electrons. The second-order valence-electron chi connectivity index (χ2n) is 4.17. The zero-order chi connectivity index (χ0) is 12.0. The summed E-state index contributed by atoms with van der Waals surface area (Å²) in [4.78, 5) is 5.63. The van der Waals surface area contributed by atoms with E-state index in [9.17, 15) is 10.2 Å². The number of aromatic nitrogens is 2. The molecule has 1 aromatic carbocycles. The molecular formula is C13H12N2O2. The van der Waals surface area contributed by atoms with Gasteiger partial charge in [-0.1, -0.05) is 12.1 Å². The van der Waals surface area contributed by atoms with E-state index in [1.54, 1.807) is 0 Å². The topological polar surface area (TPSA) is 72.0 Å². The predicted molar refractivity (Wildman–Crippen MR) is 66.2 cm³/mol. The number of H-pyrrole nitrogens is 2. The van der Waals surface area contributed by atoms with Gasteiger partial charge in [0.2, 0.25) is 0 Å². The summed E-state index contributed by atoms with van der Waals surface area (Å²) >= 11 is 0. The van der Waals surface area contributed by atoms with Gasteiger partial charge in [-0.15, -0.1) is 0 Å². The molecule has 0 unspecified atom stereocenters. The molecule has 0 saturated heterocycles. The Labute approximate surface area is 97.5 Å². The molecule has 0 fully saturated rings. The number of aromatic amines is 2. The highest BCUT2D eigenvalue weighted by Crippen LogP contribution is 2.36. The monoisotopic (exact) mass is 228 g/mol. The van der Waals surface area contributed by atoms with Gasteiger partial charge in [0.15, 0.2) is 11.8 Å². The quantitative estimate of drug-likeness (QED) is 0.517. The molecule has 2 aromatic heterocycles. The van der Waals surface area contributed by atoms with Gasteiger partial charge in [0.05, 0.1) is 0 Å². The van der Waals surface area contributed by atoms with E-state index < -0.39 is 0 Å². The van der Waals surface area contributed by atoms with Gasteiger partial charge in [-0.05, 0) is 18.6 Å². The van der Waals surface area contributed by atoms with Gasteiger partial charge >= 0.3 is 0 Å². The summed E-state index contributed by atoms with van der Waals surface area (Å²) in [5.74, 6) is -0.0667. The molecule has 4 nitrogen and oxygen atoms in total.